The van der Waals surface area contributed by atoms with Gasteiger partial charge in [-0.1, -0.05) is 11.6 Å². The first-order chi connectivity index (χ1) is 6.19. The van der Waals surface area contributed by atoms with Crippen LogP contribution in [0.4, 0.5) is 4.39 Å². The van der Waals surface area contributed by atoms with Gasteiger partial charge < -0.3 is 10.5 Å². The number of nitrogens with two attached hydrogens (primary N) is 1. The summed E-state index contributed by atoms with van der Waals surface area (Å²) in [6, 6.07) is 3.05. The lowest BCUT2D eigenvalue weighted by molar-refractivity contribution is 0.413. The van der Waals surface area contributed by atoms with E-state index < -0.39 is 5.82 Å². The van der Waals surface area contributed by atoms with Gasteiger partial charge in [-0.05, 0) is 24.6 Å². The van der Waals surface area contributed by atoms with Crippen LogP contribution < -0.4 is 10.5 Å². The largest absolute Gasteiger partial charge is 0.497 e. The third-order valence-electron chi connectivity index (χ3n) is 1.73. The van der Waals surface area contributed by atoms with E-state index in [4.69, 9.17) is 22.1 Å². The van der Waals surface area contributed by atoms with Gasteiger partial charge in [-0.25, -0.2) is 4.39 Å². The fourth-order valence-electron chi connectivity index (χ4n) is 1.07. The maximum absolute atomic E-state index is 13.3. The van der Waals surface area contributed by atoms with Crippen molar-refractivity contribution in [2.24, 2.45) is 5.73 Å². The van der Waals surface area contributed by atoms with Crippen LogP contribution in [0, 0.1) is 5.82 Å². The minimum Gasteiger partial charge on any atom is -0.497 e. The molecule has 1 rings (SSSR count). The van der Waals surface area contributed by atoms with Crippen molar-refractivity contribution in [2.75, 3.05) is 13.7 Å². The SMILES string of the molecule is COc1cc(Cl)c(F)c(CCN)c1. The minimum atomic E-state index is -0.409. The molecule has 0 aliphatic carbocycles. The molecule has 0 amide bonds. The molecular formula is C9H11ClFNO. The number of methoxy groups -OCH3 is 1. The van der Waals surface area contributed by atoms with Crippen LogP contribution in [-0.4, -0.2) is 13.7 Å². The zero-order valence-electron chi connectivity index (χ0n) is 7.31. The summed E-state index contributed by atoms with van der Waals surface area (Å²) in [5.74, 6) is 0.141. The van der Waals surface area contributed by atoms with E-state index in [0.29, 0.717) is 24.3 Å². The fraction of sp³-hybridized carbons (Fsp3) is 0.333. The van der Waals surface area contributed by atoms with Crippen molar-refractivity contribution in [3.63, 3.8) is 0 Å². The van der Waals surface area contributed by atoms with Crippen LogP contribution in [0.2, 0.25) is 5.02 Å². The Morgan fingerprint density at radius 2 is 2.23 bits per heavy atom. The molecule has 1 aromatic carbocycles. The van der Waals surface area contributed by atoms with Gasteiger partial charge in [0.15, 0.2) is 0 Å². The van der Waals surface area contributed by atoms with Crippen molar-refractivity contribution in [3.8, 4) is 5.75 Å². The monoisotopic (exact) mass is 203 g/mol. The van der Waals surface area contributed by atoms with E-state index >= 15 is 0 Å². The van der Waals surface area contributed by atoms with Crippen LogP contribution in [0.1, 0.15) is 5.56 Å². The fourth-order valence-corrected chi connectivity index (χ4v) is 1.30. The molecule has 4 heteroatoms. The van der Waals surface area contributed by atoms with Gasteiger partial charge >= 0.3 is 0 Å². The molecule has 0 aromatic heterocycles. The summed E-state index contributed by atoms with van der Waals surface area (Å²) < 4.78 is 18.2. The molecule has 0 spiro atoms. The molecule has 2 N–H and O–H groups in total. The van der Waals surface area contributed by atoms with Crippen molar-refractivity contribution in [1.82, 2.24) is 0 Å². The third-order valence-corrected chi connectivity index (χ3v) is 2.00. The Kier molecular flexibility index (Phi) is 3.51. The first kappa shape index (κ1) is 10.3. The molecule has 1 aromatic rings. The van der Waals surface area contributed by atoms with Crippen molar-refractivity contribution >= 4 is 11.6 Å². The Morgan fingerprint density at radius 3 is 2.77 bits per heavy atom. The maximum atomic E-state index is 13.3. The van der Waals surface area contributed by atoms with E-state index in [1.54, 1.807) is 6.07 Å². The maximum Gasteiger partial charge on any atom is 0.145 e. The van der Waals surface area contributed by atoms with Crippen LogP contribution in [0.15, 0.2) is 12.1 Å². The first-order valence-electron chi connectivity index (χ1n) is 3.91. The summed E-state index contributed by atoms with van der Waals surface area (Å²) in [7, 11) is 1.51. The highest BCUT2D eigenvalue weighted by atomic mass is 35.5. The van der Waals surface area contributed by atoms with E-state index in [9.17, 15) is 4.39 Å². The third kappa shape index (κ3) is 2.32. The average Bonchev–Trinajstić information content (AvgIpc) is 2.13. The summed E-state index contributed by atoms with van der Waals surface area (Å²) in [5, 5.41) is 0.0720. The number of halogens is 2. The molecule has 0 aliphatic rings. The summed E-state index contributed by atoms with van der Waals surface area (Å²) in [5.41, 5.74) is 5.81. The van der Waals surface area contributed by atoms with Gasteiger partial charge in [-0.2, -0.15) is 0 Å². The normalized spacial score (nSPS) is 10.2. The molecule has 0 atom stereocenters. The lowest BCUT2D eigenvalue weighted by Gasteiger charge is -2.06. The second kappa shape index (κ2) is 4.44. The highest BCUT2D eigenvalue weighted by Crippen LogP contribution is 2.25. The van der Waals surface area contributed by atoms with Crippen molar-refractivity contribution in [1.29, 1.82) is 0 Å². The zero-order chi connectivity index (χ0) is 9.84. The summed E-state index contributed by atoms with van der Waals surface area (Å²) in [4.78, 5) is 0. The predicted octanol–water partition coefficient (Wildman–Crippen LogP) is 1.99. The zero-order valence-corrected chi connectivity index (χ0v) is 8.07. The van der Waals surface area contributed by atoms with E-state index in [2.05, 4.69) is 0 Å². The number of benzene rings is 1. The van der Waals surface area contributed by atoms with Gasteiger partial charge in [0.05, 0.1) is 12.1 Å². The Balaban J connectivity index is 3.09. The van der Waals surface area contributed by atoms with Gasteiger partial charge in [0.2, 0.25) is 0 Å². The molecule has 0 heterocycles. The molecule has 72 valence electrons. The van der Waals surface area contributed by atoms with E-state index in [1.807, 2.05) is 0 Å². The van der Waals surface area contributed by atoms with Gasteiger partial charge in [-0.15, -0.1) is 0 Å². The Bertz CT molecular complexity index is 304. The van der Waals surface area contributed by atoms with Crippen molar-refractivity contribution in [3.05, 3.63) is 28.5 Å². The molecule has 0 fully saturated rings. The quantitative estimate of drug-likeness (QED) is 0.816. The van der Waals surface area contributed by atoms with E-state index in [0.717, 1.165) is 0 Å². The number of hydrogen-bond acceptors (Lipinski definition) is 2. The van der Waals surface area contributed by atoms with Gasteiger partial charge in [0.25, 0.3) is 0 Å². The van der Waals surface area contributed by atoms with Crippen LogP contribution in [0.25, 0.3) is 0 Å². The summed E-state index contributed by atoms with van der Waals surface area (Å²) >= 11 is 5.64. The molecular weight excluding hydrogens is 193 g/mol. The van der Waals surface area contributed by atoms with E-state index in [-0.39, 0.29) is 5.02 Å². The Morgan fingerprint density at radius 1 is 1.54 bits per heavy atom. The molecule has 0 saturated carbocycles. The van der Waals surface area contributed by atoms with Gasteiger partial charge in [0, 0.05) is 6.07 Å². The van der Waals surface area contributed by atoms with E-state index in [1.165, 1.54) is 13.2 Å². The Hall–Kier alpha value is -0.800. The highest BCUT2D eigenvalue weighted by molar-refractivity contribution is 6.30. The van der Waals surface area contributed by atoms with Crippen molar-refractivity contribution < 1.29 is 9.13 Å². The van der Waals surface area contributed by atoms with Crippen LogP contribution in [0.3, 0.4) is 0 Å². The van der Waals surface area contributed by atoms with Gasteiger partial charge in [-0.3, -0.25) is 0 Å². The predicted molar refractivity (Wildman–Crippen MR) is 50.7 cm³/mol. The lowest BCUT2D eigenvalue weighted by atomic mass is 10.1. The van der Waals surface area contributed by atoms with Crippen LogP contribution in [0.5, 0.6) is 5.75 Å². The number of hydrogen-bond donors (Lipinski definition) is 1. The average molecular weight is 204 g/mol. The molecule has 2 nitrogen and oxygen atoms in total. The summed E-state index contributed by atoms with van der Waals surface area (Å²) in [6.45, 7) is 0.389. The van der Waals surface area contributed by atoms with Crippen LogP contribution in [-0.2, 0) is 6.42 Å². The van der Waals surface area contributed by atoms with Crippen molar-refractivity contribution in [2.45, 2.75) is 6.42 Å². The molecule has 0 unspecified atom stereocenters. The molecule has 0 radical (unpaired) electrons. The second-order valence-corrected chi connectivity index (χ2v) is 3.03. The highest BCUT2D eigenvalue weighted by Gasteiger charge is 2.08. The molecule has 0 aliphatic heterocycles. The standard InChI is InChI=1S/C9H11ClFNO/c1-13-7-4-6(2-3-12)9(11)8(10)5-7/h4-5H,2-3,12H2,1H3. The second-order valence-electron chi connectivity index (χ2n) is 2.62. The topological polar surface area (TPSA) is 35.2 Å². The lowest BCUT2D eigenvalue weighted by Crippen LogP contribution is -2.05. The van der Waals surface area contributed by atoms with Crippen LogP contribution >= 0.6 is 11.6 Å². The molecule has 0 bridgehead atoms. The number of ether oxygens (including phenoxy) is 1. The van der Waals surface area contributed by atoms with Gasteiger partial charge in [0.1, 0.15) is 11.6 Å². The summed E-state index contributed by atoms with van der Waals surface area (Å²) in [6.07, 6.45) is 0.461. The Labute approximate surface area is 81.4 Å². The number of rotatable bonds is 3. The smallest absolute Gasteiger partial charge is 0.145 e. The first-order valence-corrected chi connectivity index (χ1v) is 4.28. The molecule has 0 saturated heterocycles. The molecule has 13 heavy (non-hydrogen) atoms. The minimum absolute atomic E-state index is 0.0720.